The van der Waals surface area contributed by atoms with E-state index in [9.17, 15) is 0 Å². The highest BCUT2D eigenvalue weighted by Crippen LogP contribution is 1.87. The molecule has 0 bridgehead atoms. The first-order valence-electron chi connectivity index (χ1n) is 3.42. The molecule has 0 radical (unpaired) electrons. The van der Waals surface area contributed by atoms with Gasteiger partial charge in [-0.25, -0.2) is 0 Å². The topological polar surface area (TPSA) is 21.6 Å². The third-order valence-electron chi connectivity index (χ3n) is 1.05. The van der Waals surface area contributed by atoms with E-state index in [1.807, 2.05) is 6.92 Å². The van der Waals surface area contributed by atoms with Crippen molar-refractivity contribution >= 4 is 5.90 Å². The Morgan fingerprint density at radius 3 is 2.44 bits per heavy atom. The number of methoxy groups -OCH3 is 1. The van der Waals surface area contributed by atoms with E-state index in [-0.39, 0.29) is 0 Å². The second-order valence-corrected chi connectivity index (χ2v) is 1.83. The molecule has 0 aliphatic heterocycles. The fourth-order valence-electron chi connectivity index (χ4n) is 0.557. The summed E-state index contributed by atoms with van der Waals surface area (Å²) < 4.78 is 4.95. The number of aliphatic imine (C=N–C) groups is 1. The first kappa shape index (κ1) is 8.47. The Labute approximate surface area is 56.9 Å². The van der Waals surface area contributed by atoms with Crippen LogP contribution >= 0.6 is 0 Å². The highest BCUT2D eigenvalue weighted by atomic mass is 16.5. The number of rotatable bonds is 3. The molecule has 0 heterocycles. The lowest BCUT2D eigenvalue weighted by Crippen LogP contribution is -1.99. The summed E-state index contributed by atoms with van der Waals surface area (Å²) in [6.45, 7) is 5.03. The lowest BCUT2D eigenvalue weighted by molar-refractivity contribution is 0.390. The molecule has 0 rings (SSSR count). The van der Waals surface area contributed by atoms with Gasteiger partial charge in [-0.2, -0.15) is 0 Å². The van der Waals surface area contributed by atoms with Crippen LogP contribution in [0.4, 0.5) is 0 Å². The number of nitrogens with zero attached hydrogens (tertiary/aromatic N) is 1. The summed E-state index contributed by atoms with van der Waals surface area (Å²) in [5, 5.41) is 0. The Hall–Kier alpha value is -0.530. The molecular weight excluding hydrogens is 114 g/mol. The zero-order valence-corrected chi connectivity index (χ0v) is 6.48. The number of ether oxygens (including phenoxy) is 1. The van der Waals surface area contributed by atoms with Crippen molar-refractivity contribution in [3.63, 3.8) is 0 Å². The summed E-state index contributed by atoms with van der Waals surface area (Å²) >= 11 is 0. The van der Waals surface area contributed by atoms with Gasteiger partial charge in [0.25, 0.3) is 0 Å². The Morgan fingerprint density at radius 2 is 2.11 bits per heavy atom. The van der Waals surface area contributed by atoms with Crippen LogP contribution in [0.1, 0.15) is 26.7 Å². The lowest BCUT2D eigenvalue weighted by atomic mass is 10.4. The van der Waals surface area contributed by atoms with Gasteiger partial charge in [-0.3, -0.25) is 4.99 Å². The Balaban J connectivity index is 3.48. The predicted molar refractivity (Wildman–Crippen MR) is 39.9 cm³/mol. The van der Waals surface area contributed by atoms with E-state index < -0.39 is 0 Å². The zero-order valence-electron chi connectivity index (χ0n) is 6.48. The van der Waals surface area contributed by atoms with E-state index >= 15 is 0 Å². The van der Waals surface area contributed by atoms with Crippen LogP contribution in [0.2, 0.25) is 0 Å². The molecule has 9 heavy (non-hydrogen) atoms. The van der Waals surface area contributed by atoms with Crippen molar-refractivity contribution in [1.29, 1.82) is 0 Å². The second kappa shape index (κ2) is 5.60. The fourth-order valence-corrected chi connectivity index (χ4v) is 0.557. The number of hydrogen-bond donors (Lipinski definition) is 0. The van der Waals surface area contributed by atoms with Gasteiger partial charge in [0, 0.05) is 13.0 Å². The standard InChI is InChI=1S/C7H15NO/c1-4-6-8-7(5-2)9-3/h4-6H2,1-3H3. The van der Waals surface area contributed by atoms with Gasteiger partial charge < -0.3 is 4.74 Å². The SMILES string of the molecule is CCCN=C(CC)OC. The van der Waals surface area contributed by atoms with Gasteiger partial charge in [0.15, 0.2) is 5.90 Å². The quantitative estimate of drug-likeness (QED) is 0.421. The molecule has 0 amide bonds. The normalized spacial score (nSPS) is 11.7. The highest BCUT2D eigenvalue weighted by Gasteiger charge is 1.88. The maximum absolute atomic E-state index is 4.95. The minimum absolute atomic E-state index is 0.858. The first-order chi connectivity index (χ1) is 4.35. The predicted octanol–water partition coefficient (Wildman–Crippen LogP) is 1.85. The van der Waals surface area contributed by atoms with Crippen LogP contribution in [-0.4, -0.2) is 19.6 Å². The molecule has 0 aromatic carbocycles. The summed E-state index contributed by atoms with van der Waals surface area (Å²) in [7, 11) is 1.66. The molecule has 0 atom stereocenters. The van der Waals surface area contributed by atoms with E-state index in [0.717, 1.165) is 25.3 Å². The van der Waals surface area contributed by atoms with E-state index in [1.54, 1.807) is 7.11 Å². The van der Waals surface area contributed by atoms with E-state index in [2.05, 4.69) is 11.9 Å². The molecule has 0 unspecified atom stereocenters. The first-order valence-corrected chi connectivity index (χ1v) is 3.42. The number of hydrogen-bond acceptors (Lipinski definition) is 2. The molecule has 54 valence electrons. The van der Waals surface area contributed by atoms with Gasteiger partial charge in [-0.15, -0.1) is 0 Å². The summed E-state index contributed by atoms with van der Waals surface area (Å²) in [6.07, 6.45) is 1.99. The van der Waals surface area contributed by atoms with Crippen LogP contribution in [0.25, 0.3) is 0 Å². The third kappa shape index (κ3) is 4.01. The van der Waals surface area contributed by atoms with Crippen LogP contribution in [0, 0.1) is 0 Å². The molecule has 0 spiro atoms. The monoisotopic (exact) mass is 129 g/mol. The summed E-state index contributed by atoms with van der Waals surface area (Å²) in [5.41, 5.74) is 0. The molecule has 0 aliphatic rings. The average molecular weight is 129 g/mol. The zero-order chi connectivity index (χ0) is 7.11. The van der Waals surface area contributed by atoms with Crippen molar-refractivity contribution in [3.05, 3.63) is 0 Å². The molecular formula is C7H15NO. The van der Waals surface area contributed by atoms with Crippen molar-refractivity contribution in [2.45, 2.75) is 26.7 Å². The smallest absolute Gasteiger partial charge is 0.182 e. The molecule has 0 fully saturated rings. The summed E-state index contributed by atoms with van der Waals surface area (Å²) in [4.78, 5) is 4.17. The molecule has 0 saturated carbocycles. The maximum Gasteiger partial charge on any atom is 0.182 e. The van der Waals surface area contributed by atoms with E-state index in [4.69, 9.17) is 4.74 Å². The van der Waals surface area contributed by atoms with Crippen molar-refractivity contribution in [3.8, 4) is 0 Å². The summed E-state index contributed by atoms with van der Waals surface area (Å²) in [6, 6.07) is 0. The summed E-state index contributed by atoms with van der Waals surface area (Å²) in [5.74, 6) is 0.858. The second-order valence-electron chi connectivity index (χ2n) is 1.83. The molecule has 2 heteroatoms. The third-order valence-corrected chi connectivity index (χ3v) is 1.05. The molecule has 0 aliphatic carbocycles. The van der Waals surface area contributed by atoms with Crippen molar-refractivity contribution in [2.75, 3.05) is 13.7 Å². The Morgan fingerprint density at radius 1 is 1.44 bits per heavy atom. The van der Waals surface area contributed by atoms with Crippen LogP contribution in [0.5, 0.6) is 0 Å². The van der Waals surface area contributed by atoms with Crippen LogP contribution in [0.15, 0.2) is 4.99 Å². The van der Waals surface area contributed by atoms with Crippen molar-refractivity contribution in [1.82, 2.24) is 0 Å². The minimum Gasteiger partial charge on any atom is -0.484 e. The van der Waals surface area contributed by atoms with Crippen molar-refractivity contribution in [2.24, 2.45) is 4.99 Å². The molecule has 0 aromatic rings. The van der Waals surface area contributed by atoms with Gasteiger partial charge >= 0.3 is 0 Å². The maximum atomic E-state index is 4.95. The molecule has 0 aromatic heterocycles. The van der Waals surface area contributed by atoms with E-state index in [1.165, 1.54) is 0 Å². The molecule has 0 N–H and O–H groups in total. The van der Waals surface area contributed by atoms with Crippen molar-refractivity contribution < 1.29 is 4.74 Å². The van der Waals surface area contributed by atoms with Crippen LogP contribution in [-0.2, 0) is 4.74 Å². The molecule has 0 saturated heterocycles. The largest absolute Gasteiger partial charge is 0.484 e. The van der Waals surface area contributed by atoms with Gasteiger partial charge in [-0.1, -0.05) is 13.8 Å². The highest BCUT2D eigenvalue weighted by molar-refractivity contribution is 5.75. The molecule has 2 nitrogen and oxygen atoms in total. The van der Waals surface area contributed by atoms with Gasteiger partial charge in [0.05, 0.1) is 7.11 Å². The van der Waals surface area contributed by atoms with Gasteiger partial charge in [-0.05, 0) is 6.42 Å². The van der Waals surface area contributed by atoms with Crippen LogP contribution in [0.3, 0.4) is 0 Å². The van der Waals surface area contributed by atoms with E-state index in [0.29, 0.717) is 0 Å². The minimum atomic E-state index is 0.858. The average Bonchev–Trinajstić information content (AvgIpc) is 1.91. The lowest BCUT2D eigenvalue weighted by Gasteiger charge is -1.98. The Kier molecular flexibility index (Phi) is 5.27. The Bertz CT molecular complexity index is 82.9. The van der Waals surface area contributed by atoms with Gasteiger partial charge in [0.1, 0.15) is 0 Å². The van der Waals surface area contributed by atoms with Gasteiger partial charge in [0.2, 0.25) is 0 Å². The fraction of sp³-hybridized carbons (Fsp3) is 0.857. The van der Waals surface area contributed by atoms with Crippen LogP contribution < -0.4 is 0 Å².